The zero-order valence-electron chi connectivity index (χ0n) is 24.5. The van der Waals surface area contributed by atoms with E-state index in [0.717, 1.165) is 43.2 Å². The molecule has 3 amide bonds. The Morgan fingerprint density at radius 2 is 1.46 bits per heavy atom. The minimum absolute atomic E-state index is 0.212. The number of amides is 3. The van der Waals surface area contributed by atoms with Crippen LogP contribution >= 0.6 is 0 Å². The van der Waals surface area contributed by atoms with Gasteiger partial charge in [0, 0.05) is 13.1 Å². The van der Waals surface area contributed by atoms with Gasteiger partial charge in [-0.3, -0.25) is 9.59 Å². The van der Waals surface area contributed by atoms with E-state index in [2.05, 4.69) is 17.6 Å². The summed E-state index contributed by atoms with van der Waals surface area (Å²) in [6, 6.07) is 17.4. The van der Waals surface area contributed by atoms with Gasteiger partial charge in [-0.25, -0.2) is 4.79 Å². The molecule has 2 atom stereocenters. The summed E-state index contributed by atoms with van der Waals surface area (Å²) < 4.78 is 5.45. The Labute approximate surface area is 234 Å². The van der Waals surface area contributed by atoms with Crippen LogP contribution in [0.5, 0.6) is 0 Å². The van der Waals surface area contributed by atoms with Gasteiger partial charge < -0.3 is 20.3 Å². The fourth-order valence-electron chi connectivity index (χ4n) is 4.37. The molecule has 214 valence electrons. The SMILES string of the molecule is CCCCCCCN(C(=O)C(NC(=O)OC(C)(C)C)C(C)C)C(C(=O)NCc1ccccc1)c1ccccc1. The first-order chi connectivity index (χ1) is 18.5. The van der Waals surface area contributed by atoms with Gasteiger partial charge in [0.1, 0.15) is 17.7 Å². The third-order valence-electron chi connectivity index (χ3n) is 6.38. The van der Waals surface area contributed by atoms with E-state index in [1.165, 1.54) is 0 Å². The molecule has 7 nitrogen and oxygen atoms in total. The van der Waals surface area contributed by atoms with E-state index >= 15 is 0 Å². The van der Waals surface area contributed by atoms with Gasteiger partial charge in [-0.1, -0.05) is 107 Å². The Balaban J connectivity index is 2.39. The Morgan fingerprint density at radius 3 is 2.03 bits per heavy atom. The lowest BCUT2D eigenvalue weighted by atomic mass is 9.98. The molecule has 0 saturated carbocycles. The highest BCUT2D eigenvalue weighted by Gasteiger charge is 2.37. The van der Waals surface area contributed by atoms with Crippen molar-refractivity contribution in [1.82, 2.24) is 15.5 Å². The zero-order valence-corrected chi connectivity index (χ0v) is 24.5. The summed E-state index contributed by atoms with van der Waals surface area (Å²) in [4.78, 5) is 42.3. The molecule has 2 unspecified atom stereocenters. The number of hydrogen-bond acceptors (Lipinski definition) is 4. The quantitative estimate of drug-likeness (QED) is 0.273. The summed E-state index contributed by atoms with van der Waals surface area (Å²) in [7, 11) is 0. The summed E-state index contributed by atoms with van der Waals surface area (Å²) >= 11 is 0. The van der Waals surface area contributed by atoms with Crippen LogP contribution in [0.3, 0.4) is 0 Å². The van der Waals surface area contributed by atoms with Crippen LogP contribution in [0.15, 0.2) is 60.7 Å². The summed E-state index contributed by atoms with van der Waals surface area (Å²) in [5, 5.41) is 5.82. The third kappa shape index (κ3) is 11.1. The number of ether oxygens (including phenoxy) is 1. The highest BCUT2D eigenvalue weighted by molar-refractivity contribution is 5.92. The van der Waals surface area contributed by atoms with Crippen LogP contribution in [0, 0.1) is 5.92 Å². The van der Waals surface area contributed by atoms with Crippen molar-refractivity contribution in [2.75, 3.05) is 6.54 Å². The Bertz CT molecular complexity index is 1020. The average molecular weight is 538 g/mol. The van der Waals surface area contributed by atoms with Gasteiger partial charge in [-0.05, 0) is 44.2 Å². The molecule has 0 heterocycles. The van der Waals surface area contributed by atoms with E-state index in [1.54, 1.807) is 25.7 Å². The number of alkyl carbamates (subject to hydrolysis) is 1. The second kappa shape index (κ2) is 15.9. The lowest BCUT2D eigenvalue weighted by molar-refractivity contribution is -0.143. The fourth-order valence-corrected chi connectivity index (χ4v) is 4.37. The van der Waals surface area contributed by atoms with Crippen molar-refractivity contribution >= 4 is 17.9 Å². The number of carbonyl (C=O) groups is 3. The molecule has 0 aliphatic heterocycles. The lowest BCUT2D eigenvalue weighted by Crippen LogP contribution is -2.55. The smallest absolute Gasteiger partial charge is 0.408 e. The van der Waals surface area contributed by atoms with Gasteiger partial charge in [0.25, 0.3) is 0 Å². The fraction of sp³-hybridized carbons (Fsp3) is 0.531. The van der Waals surface area contributed by atoms with E-state index in [4.69, 9.17) is 4.74 Å². The maximum absolute atomic E-state index is 14.2. The standard InChI is InChI=1S/C32H47N3O4/c1-7-8-9-10-17-22-35(30(37)27(24(2)3)34-31(38)39-32(4,5)6)28(26-20-15-12-16-21-26)29(36)33-23-25-18-13-11-14-19-25/h11-16,18-21,24,27-28H,7-10,17,22-23H2,1-6H3,(H,33,36)(H,34,38). The van der Waals surface area contributed by atoms with Crippen LogP contribution in [0.1, 0.15) is 90.8 Å². The normalized spacial score (nSPS) is 12.9. The Morgan fingerprint density at radius 1 is 0.872 bits per heavy atom. The Kier molecular flexibility index (Phi) is 13.0. The first kappa shape index (κ1) is 31.9. The molecule has 0 radical (unpaired) electrons. The van der Waals surface area contributed by atoms with Crippen LogP contribution in [0.2, 0.25) is 0 Å². The largest absolute Gasteiger partial charge is 0.444 e. The van der Waals surface area contributed by atoms with Crippen molar-refractivity contribution in [2.45, 2.75) is 97.9 Å². The minimum Gasteiger partial charge on any atom is -0.444 e. The first-order valence-corrected chi connectivity index (χ1v) is 14.2. The van der Waals surface area contributed by atoms with Gasteiger partial charge in [0.2, 0.25) is 11.8 Å². The minimum atomic E-state index is -0.844. The van der Waals surface area contributed by atoms with Gasteiger partial charge >= 0.3 is 6.09 Å². The predicted molar refractivity (Wildman–Crippen MR) is 156 cm³/mol. The molecule has 2 rings (SSSR count). The molecule has 2 N–H and O–H groups in total. The molecule has 2 aromatic carbocycles. The maximum Gasteiger partial charge on any atom is 0.408 e. The molecule has 0 aliphatic carbocycles. The van der Waals surface area contributed by atoms with Crippen molar-refractivity contribution in [3.05, 3.63) is 71.8 Å². The monoisotopic (exact) mass is 537 g/mol. The van der Waals surface area contributed by atoms with Gasteiger partial charge in [0.15, 0.2) is 0 Å². The molecule has 0 saturated heterocycles. The summed E-state index contributed by atoms with van der Waals surface area (Å²) in [5.74, 6) is -0.766. The van der Waals surface area contributed by atoms with Crippen LogP contribution in [0.25, 0.3) is 0 Å². The topological polar surface area (TPSA) is 87.7 Å². The number of benzene rings is 2. The number of rotatable bonds is 14. The zero-order chi connectivity index (χ0) is 28.8. The second-order valence-corrected chi connectivity index (χ2v) is 11.3. The molecule has 0 aliphatic rings. The number of hydrogen-bond donors (Lipinski definition) is 2. The molecular formula is C32H47N3O4. The summed E-state index contributed by atoms with van der Waals surface area (Å²) in [6.07, 6.45) is 4.38. The number of carbonyl (C=O) groups excluding carboxylic acids is 3. The van der Waals surface area contributed by atoms with Crippen molar-refractivity contribution in [2.24, 2.45) is 5.92 Å². The molecule has 2 aromatic rings. The number of nitrogens with zero attached hydrogens (tertiary/aromatic N) is 1. The Hall–Kier alpha value is -3.35. The maximum atomic E-state index is 14.2. The average Bonchev–Trinajstić information content (AvgIpc) is 2.89. The molecule has 0 spiro atoms. The molecule has 7 heteroatoms. The predicted octanol–water partition coefficient (Wildman–Crippen LogP) is 6.39. The highest BCUT2D eigenvalue weighted by Crippen LogP contribution is 2.25. The third-order valence-corrected chi connectivity index (χ3v) is 6.38. The van der Waals surface area contributed by atoms with Crippen molar-refractivity contribution in [3.8, 4) is 0 Å². The van der Waals surface area contributed by atoms with E-state index in [0.29, 0.717) is 13.1 Å². The number of nitrogens with one attached hydrogen (secondary N) is 2. The van der Waals surface area contributed by atoms with E-state index in [1.807, 2.05) is 74.5 Å². The molecule has 0 bridgehead atoms. The van der Waals surface area contributed by atoms with Gasteiger partial charge in [-0.2, -0.15) is 0 Å². The van der Waals surface area contributed by atoms with E-state index in [-0.39, 0.29) is 17.7 Å². The van der Waals surface area contributed by atoms with Gasteiger partial charge in [0.05, 0.1) is 0 Å². The first-order valence-electron chi connectivity index (χ1n) is 14.2. The molecule has 39 heavy (non-hydrogen) atoms. The summed E-state index contributed by atoms with van der Waals surface area (Å²) in [5.41, 5.74) is 1.00. The van der Waals surface area contributed by atoms with E-state index < -0.39 is 23.8 Å². The van der Waals surface area contributed by atoms with Crippen LogP contribution in [-0.2, 0) is 20.9 Å². The van der Waals surface area contributed by atoms with Crippen molar-refractivity contribution in [3.63, 3.8) is 0 Å². The molecular weight excluding hydrogens is 490 g/mol. The van der Waals surface area contributed by atoms with Crippen LogP contribution < -0.4 is 10.6 Å². The van der Waals surface area contributed by atoms with Crippen molar-refractivity contribution in [1.29, 1.82) is 0 Å². The summed E-state index contributed by atoms with van der Waals surface area (Å²) in [6.45, 7) is 12.0. The molecule has 0 fully saturated rings. The number of unbranched alkanes of at least 4 members (excludes halogenated alkanes) is 4. The van der Waals surface area contributed by atoms with E-state index in [9.17, 15) is 14.4 Å². The van der Waals surface area contributed by atoms with Crippen LogP contribution in [0.4, 0.5) is 4.79 Å². The van der Waals surface area contributed by atoms with Crippen molar-refractivity contribution < 1.29 is 19.1 Å². The molecule has 0 aromatic heterocycles. The van der Waals surface area contributed by atoms with Crippen LogP contribution in [-0.4, -0.2) is 41.0 Å². The second-order valence-electron chi connectivity index (χ2n) is 11.3. The highest BCUT2D eigenvalue weighted by atomic mass is 16.6. The van der Waals surface area contributed by atoms with Gasteiger partial charge in [-0.15, -0.1) is 0 Å². The lowest BCUT2D eigenvalue weighted by Gasteiger charge is -2.35.